The molecule has 1 fully saturated rings. The fourth-order valence-corrected chi connectivity index (χ4v) is 3.47. The maximum atomic E-state index is 12.6. The molecule has 1 aromatic carbocycles. The zero-order valence-electron chi connectivity index (χ0n) is 12.2. The number of aryl methyl sites for hydroxylation is 2. The molecule has 1 amide bonds. The second kappa shape index (κ2) is 6.02. The smallest absolute Gasteiger partial charge is 0.268 e. The van der Waals surface area contributed by atoms with Crippen LogP contribution in [0, 0.1) is 13.8 Å². The van der Waals surface area contributed by atoms with Crippen LogP contribution in [0.2, 0.25) is 0 Å². The average molecular weight is 326 g/mol. The molecule has 2 aromatic rings. The maximum absolute atomic E-state index is 12.6. The summed E-state index contributed by atoms with van der Waals surface area (Å²) in [5.74, 6) is -0.0814. The molecule has 0 N–H and O–H groups in total. The molecular formula is C17H14N2OS2. The Morgan fingerprint density at radius 1 is 1.23 bits per heavy atom. The average Bonchev–Trinajstić information content (AvgIpc) is 2.78. The van der Waals surface area contributed by atoms with Crippen LogP contribution in [-0.2, 0) is 4.79 Å². The van der Waals surface area contributed by atoms with E-state index in [2.05, 4.69) is 4.98 Å². The van der Waals surface area contributed by atoms with E-state index >= 15 is 0 Å². The minimum atomic E-state index is -0.0814. The molecule has 3 nitrogen and oxygen atoms in total. The summed E-state index contributed by atoms with van der Waals surface area (Å²) in [6.07, 6.45) is 5.26. The van der Waals surface area contributed by atoms with Gasteiger partial charge in [0.15, 0.2) is 4.32 Å². The van der Waals surface area contributed by atoms with Gasteiger partial charge < -0.3 is 0 Å². The first kappa shape index (κ1) is 14.9. The summed E-state index contributed by atoms with van der Waals surface area (Å²) in [7, 11) is 0. The normalized spacial score (nSPS) is 16.6. The Kier molecular flexibility index (Phi) is 4.09. The van der Waals surface area contributed by atoms with Gasteiger partial charge in [-0.3, -0.25) is 14.7 Å². The summed E-state index contributed by atoms with van der Waals surface area (Å²) in [5.41, 5.74) is 4.05. The van der Waals surface area contributed by atoms with Crippen molar-refractivity contribution < 1.29 is 4.79 Å². The number of rotatable bonds is 2. The van der Waals surface area contributed by atoms with Gasteiger partial charge in [0.05, 0.1) is 10.6 Å². The number of anilines is 1. The number of amides is 1. The minimum absolute atomic E-state index is 0.0814. The third-order valence-electron chi connectivity index (χ3n) is 3.52. The lowest BCUT2D eigenvalue weighted by atomic mass is 10.1. The summed E-state index contributed by atoms with van der Waals surface area (Å²) < 4.78 is 0.559. The van der Waals surface area contributed by atoms with Gasteiger partial charge in [-0.15, -0.1) is 0 Å². The van der Waals surface area contributed by atoms with E-state index in [1.54, 1.807) is 17.3 Å². The van der Waals surface area contributed by atoms with E-state index in [0.717, 1.165) is 16.8 Å². The molecule has 1 aliphatic rings. The molecule has 0 atom stereocenters. The van der Waals surface area contributed by atoms with Crippen LogP contribution in [0.5, 0.6) is 0 Å². The van der Waals surface area contributed by atoms with E-state index < -0.39 is 0 Å². The number of hydrogen-bond acceptors (Lipinski definition) is 4. The highest BCUT2D eigenvalue weighted by atomic mass is 32.2. The Bertz CT molecular complexity index is 785. The van der Waals surface area contributed by atoms with Gasteiger partial charge in [-0.05, 0) is 54.8 Å². The van der Waals surface area contributed by atoms with E-state index in [1.807, 2.05) is 50.3 Å². The molecular weight excluding hydrogens is 312 g/mol. The topological polar surface area (TPSA) is 33.2 Å². The first-order chi connectivity index (χ1) is 10.6. The summed E-state index contributed by atoms with van der Waals surface area (Å²) in [4.78, 5) is 18.9. The Labute approximate surface area is 139 Å². The SMILES string of the molecule is Cc1ccc(N2C(=O)/C(=C/c3cccnc3)SC2=S)cc1C. The Morgan fingerprint density at radius 2 is 2.05 bits per heavy atom. The van der Waals surface area contributed by atoms with Gasteiger partial charge in [-0.25, -0.2) is 0 Å². The first-order valence-corrected chi connectivity index (χ1v) is 8.04. The molecule has 1 aromatic heterocycles. The predicted molar refractivity (Wildman–Crippen MR) is 95.8 cm³/mol. The van der Waals surface area contributed by atoms with E-state index in [1.165, 1.54) is 17.3 Å². The molecule has 1 aliphatic heterocycles. The Balaban J connectivity index is 1.95. The van der Waals surface area contributed by atoms with Crippen LogP contribution < -0.4 is 4.90 Å². The highest BCUT2D eigenvalue weighted by molar-refractivity contribution is 8.27. The van der Waals surface area contributed by atoms with Crippen LogP contribution in [0.15, 0.2) is 47.6 Å². The van der Waals surface area contributed by atoms with Crippen molar-refractivity contribution in [1.82, 2.24) is 4.98 Å². The molecule has 0 unspecified atom stereocenters. The third-order valence-corrected chi connectivity index (χ3v) is 4.83. The minimum Gasteiger partial charge on any atom is -0.268 e. The lowest BCUT2D eigenvalue weighted by molar-refractivity contribution is -0.113. The molecule has 0 bridgehead atoms. The molecule has 22 heavy (non-hydrogen) atoms. The molecule has 1 saturated heterocycles. The van der Waals surface area contributed by atoms with Crippen LogP contribution in [0.3, 0.4) is 0 Å². The van der Waals surface area contributed by atoms with E-state index in [-0.39, 0.29) is 5.91 Å². The number of hydrogen-bond donors (Lipinski definition) is 0. The highest BCUT2D eigenvalue weighted by Gasteiger charge is 2.33. The van der Waals surface area contributed by atoms with Crippen molar-refractivity contribution in [3.8, 4) is 0 Å². The lowest BCUT2D eigenvalue weighted by Gasteiger charge is -2.15. The molecule has 0 saturated carbocycles. The van der Waals surface area contributed by atoms with Gasteiger partial charge in [0, 0.05) is 12.4 Å². The van der Waals surface area contributed by atoms with Gasteiger partial charge in [-0.1, -0.05) is 36.1 Å². The Hall–Kier alpha value is -1.98. The maximum Gasteiger partial charge on any atom is 0.270 e. The van der Waals surface area contributed by atoms with Gasteiger partial charge in [0.25, 0.3) is 5.91 Å². The van der Waals surface area contributed by atoms with E-state index in [4.69, 9.17) is 12.2 Å². The third kappa shape index (κ3) is 2.82. The van der Waals surface area contributed by atoms with Crippen molar-refractivity contribution in [2.45, 2.75) is 13.8 Å². The monoisotopic (exact) mass is 326 g/mol. The van der Waals surface area contributed by atoms with Crippen LogP contribution in [-0.4, -0.2) is 15.2 Å². The fourth-order valence-electron chi connectivity index (χ4n) is 2.17. The van der Waals surface area contributed by atoms with Crippen molar-refractivity contribution >= 4 is 46.0 Å². The lowest BCUT2D eigenvalue weighted by Crippen LogP contribution is -2.27. The number of benzene rings is 1. The van der Waals surface area contributed by atoms with Crippen molar-refractivity contribution in [2.24, 2.45) is 0 Å². The predicted octanol–water partition coefficient (Wildman–Crippen LogP) is 4.10. The first-order valence-electron chi connectivity index (χ1n) is 6.81. The number of nitrogens with zero attached hydrogens (tertiary/aromatic N) is 2. The molecule has 2 heterocycles. The second-order valence-corrected chi connectivity index (χ2v) is 6.75. The van der Waals surface area contributed by atoms with Crippen molar-refractivity contribution in [2.75, 3.05) is 4.90 Å². The zero-order valence-corrected chi connectivity index (χ0v) is 13.9. The second-order valence-electron chi connectivity index (χ2n) is 5.07. The van der Waals surface area contributed by atoms with Crippen LogP contribution in [0.25, 0.3) is 6.08 Å². The summed E-state index contributed by atoms with van der Waals surface area (Å²) in [6.45, 7) is 4.08. The number of thiocarbonyl (C=S) groups is 1. The van der Waals surface area contributed by atoms with Crippen molar-refractivity contribution in [3.05, 3.63) is 64.3 Å². The van der Waals surface area contributed by atoms with Crippen LogP contribution in [0.1, 0.15) is 16.7 Å². The van der Waals surface area contributed by atoms with E-state index in [0.29, 0.717) is 9.23 Å². The summed E-state index contributed by atoms with van der Waals surface area (Å²) in [6, 6.07) is 9.69. The molecule has 3 rings (SSSR count). The number of carbonyl (C=O) groups excluding carboxylic acids is 1. The van der Waals surface area contributed by atoms with Gasteiger partial charge in [-0.2, -0.15) is 0 Å². The standard InChI is InChI=1S/C17H14N2OS2/c1-11-5-6-14(8-12(11)2)19-16(20)15(22-17(19)21)9-13-4-3-7-18-10-13/h3-10H,1-2H3/b15-9-. The van der Waals surface area contributed by atoms with Crippen molar-refractivity contribution in [1.29, 1.82) is 0 Å². The van der Waals surface area contributed by atoms with Crippen LogP contribution in [0.4, 0.5) is 5.69 Å². The zero-order chi connectivity index (χ0) is 15.7. The van der Waals surface area contributed by atoms with Gasteiger partial charge >= 0.3 is 0 Å². The molecule has 5 heteroatoms. The fraction of sp³-hybridized carbons (Fsp3) is 0.118. The van der Waals surface area contributed by atoms with E-state index in [9.17, 15) is 4.79 Å². The number of aromatic nitrogens is 1. The Morgan fingerprint density at radius 3 is 2.73 bits per heavy atom. The van der Waals surface area contributed by atoms with Crippen LogP contribution >= 0.6 is 24.0 Å². The summed E-state index contributed by atoms with van der Waals surface area (Å²) in [5, 5.41) is 0. The molecule has 0 spiro atoms. The quantitative estimate of drug-likeness (QED) is 0.614. The number of pyridine rings is 1. The van der Waals surface area contributed by atoms with Gasteiger partial charge in [0.2, 0.25) is 0 Å². The molecule has 0 radical (unpaired) electrons. The van der Waals surface area contributed by atoms with Crippen molar-refractivity contribution in [3.63, 3.8) is 0 Å². The number of thioether (sulfide) groups is 1. The number of carbonyl (C=O) groups is 1. The van der Waals surface area contributed by atoms with Gasteiger partial charge in [0.1, 0.15) is 0 Å². The summed E-state index contributed by atoms with van der Waals surface area (Å²) >= 11 is 6.70. The molecule has 0 aliphatic carbocycles. The molecule has 110 valence electrons. The largest absolute Gasteiger partial charge is 0.270 e. The highest BCUT2D eigenvalue weighted by Crippen LogP contribution is 2.36.